The molecule has 0 unspecified atom stereocenters. The van der Waals surface area contributed by atoms with Gasteiger partial charge in [-0.15, -0.1) is 0 Å². The minimum atomic E-state index is 0.0146. The summed E-state index contributed by atoms with van der Waals surface area (Å²) in [6.07, 6.45) is 4.92. The van der Waals surface area contributed by atoms with Gasteiger partial charge in [0.25, 0.3) is 0 Å². The molecule has 0 bridgehead atoms. The summed E-state index contributed by atoms with van der Waals surface area (Å²) in [5.41, 5.74) is 4.11. The lowest BCUT2D eigenvalue weighted by Crippen LogP contribution is -2.30. The number of hydrogen-bond acceptors (Lipinski definition) is 4. The van der Waals surface area contributed by atoms with Gasteiger partial charge in [0.05, 0.1) is 12.6 Å². The van der Waals surface area contributed by atoms with E-state index in [0.29, 0.717) is 12.8 Å². The van der Waals surface area contributed by atoms with Gasteiger partial charge in [-0.25, -0.2) is 4.98 Å². The Morgan fingerprint density at radius 3 is 2.57 bits per heavy atom. The van der Waals surface area contributed by atoms with Crippen molar-refractivity contribution >= 4 is 28.3 Å². The molecule has 2 aromatic carbocycles. The zero-order valence-corrected chi connectivity index (χ0v) is 17.8. The number of anilines is 2. The van der Waals surface area contributed by atoms with Gasteiger partial charge in [0, 0.05) is 30.6 Å². The van der Waals surface area contributed by atoms with E-state index >= 15 is 0 Å². The van der Waals surface area contributed by atoms with Crippen LogP contribution in [0.1, 0.15) is 36.8 Å². The van der Waals surface area contributed by atoms with E-state index in [2.05, 4.69) is 23.2 Å². The SMILES string of the molecule is COc1ccc(CCC(=O)Nc2ccc3nc(N4CCCCC4)cc(C)c3c2)cc1. The summed E-state index contributed by atoms with van der Waals surface area (Å²) in [6.45, 7) is 4.29. The molecule has 30 heavy (non-hydrogen) atoms. The van der Waals surface area contributed by atoms with Gasteiger partial charge in [-0.3, -0.25) is 4.79 Å². The fourth-order valence-electron chi connectivity index (χ4n) is 4.01. The van der Waals surface area contributed by atoms with E-state index in [-0.39, 0.29) is 5.91 Å². The predicted molar refractivity (Wildman–Crippen MR) is 122 cm³/mol. The molecule has 5 nitrogen and oxygen atoms in total. The van der Waals surface area contributed by atoms with Crippen LogP contribution < -0.4 is 15.0 Å². The van der Waals surface area contributed by atoms with Crippen LogP contribution in [0.2, 0.25) is 0 Å². The summed E-state index contributed by atoms with van der Waals surface area (Å²) >= 11 is 0. The van der Waals surface area contributed by atoms with Gasteiger partial charge in [0.1, 0.15) is 11.6 Å². The predicted octanol–water partition coefficient (Wildman–Crippen LogP) is 5.11. The Labute approximate surface area is 178 Å². The maximum absolute atomic E-state index is 12.4. The Balaban J connectivity index is 1.42. The van der Waals surface area contributed by atoms with Gasteiger partial charge in [-0.05, 0) is 80.1 Å². The number of pyridine rings is 1. The van der Waals surface area contributed by atoms with E-state index in [4.69, 9.17) is 9.72 Å². The van der Waals surface area contributed by atoms with E-state index in [1.165, 1.54) is 24.8 Å². The summed E-state index contributed by atoms with van der Waals surface area (Å²) in [5.74, 6) is 1.91. The molecule has 5 heteroatoms. The molecule has 1 aliphatic heterocycles. The monoisotopic (exact) mass is 403 g/mol. The number of benzene rings is 2. The number of piperidine rings is 1. The van der Waals surface area contributed by atoms with E-state index in [1.54, 1.807) is 7.11 Å². The number of aryl methyl sites for hydroxylation is 2. The second-order valence-corrected chi connectivity index (χ2v) is 7.97. The first-order valence-electron chi connectivity index (χ1n) is 10.7. The Kier molecular flexibility index (Phi) is 6.17. The number of amides is 1. The highest BCUT2D eigenvalue weighted by Crippen LogP contribution is 2.27. The number of rotatable bonds is 6. The first kappa shape index (κ1) is 20.2. The van der Waals surface area contributed by atoms with Crippen molar-refractivity contribution in [2.45, 2.75) is 39.0 Å². The van der Waals surface area contributed by atoms with Crippen molar-refractivity contribution in [2.75, 3.05) is 30.4 Å². The highest BCUT2D eigenvalue weighted by Gasteiger charge is 2.14. The van der Waals surface area contributed by atoms with Crippen molar-refractivity contribution in [1.29, 1.82) is 0 Å². The zero-order chi connectivity index (χ0) is 20.9. The number of methoxy groups -OCH3 is 1. The lowest BCUT2D eigenvalue weighted by Gasteiger charge is -2.28. The molecule has 1 aromatic heterocycles. The highest BCUT2D eigenvalue weighted by atomic mass is 16.5. The summed E-state index contributed by atoms with van der Waals surface area (Å²) in [5, 5.41) is 4.12. The minimum Gasteiger partial charge on any atom is -0.497 e. The lowest BCUT2D eigenvalue weighted by molar-refractivity contribution is -0.116. The zero-order valence-electron chi connectivity index (χ0n) is 17.8. The lowest BCUT2D eigenvalue weighted by atomic mass is 10.1. The van der Waals surface area contributed by atoms with Crippen molar-refractivity contribution < 1.29 is 9.53 Å². The van der Waals surface area contributed by atoms with Crippen LogP contribution in [-0.2, 0) is 11.2 Å². The number of hydrogen-bond donors (Lipinski definition) is 1. The van der Waals surface area contributed by atoms with E-state index in [0.717, 1.165) is 46.8 Å². The molecule has 0 radical (unpaired) electrons. The normalized spacial score (nSPS) is 14.0. The second-order valence-electron chi connectivity index (χ2n) is 7.97. The third kappa shape index (κ3) is 4.73. The number of ether oxygens (including phenoxy) is 1. The first-order chi connectivity index (χ1) is 14.6. The van der Waals surface area contributed by atoms with E-state index in [1.807, 2.05) is 42.5 Å². The molecule has 156 valence electrons. The maximum Gasteiger partial charge on any atom is 0.224 e. The molecule has 1 saturated heterocycles. The molecule has 4 rings (SSSR count). The van der Waals surface area contributed by atoms with Crippen LogP contribution >= 0.6 is 0 Å². The fraction of sp³-hybridized carbons (Fsp3) is 0.360. The number of aromatic nitrogens is 1. The molecule has 0 spiro atoms. The van der Waals surface area contributed by atoms with Crippen molar-refractivity contribution in [1.82, 2.24) is 4.98 Å². The average Bonchev–Trinajstić information content (AvgIpc) is 2.79. The topological polar surface area (TPSA) is 54.5 Å². The van der Waals surface area contributed by atoms with Crippen LogP contribution in [0, 0.1) is 6.92 Å². The molecule has 1 fully saturated rings. The second kappa shape index (κ2) is 9.16. The Morgan fingerprint density at radius 2 is 1.83 bits per heavy atom. The maximum atomic E-state index is 12.4. The van der Waals surface area contributed by atoms with Gasteiger partial charge in [-0.2, -0.15) is 0 Å². The Morgan fingerprint density at radius 1 is 1.07 bits per heavy atom. The van der Waals surface area contributed by atoms with Crippen molar-refractivity contribution in [3.8, 4) is 5.75 Å². The van der Waals surface area contributed by atoms with Crippen LogP contribution in [0.3, 0.4) is 0 Å². The third-order valence-electron chi connectivity index (χ3n) is 5.77. The summed E-state index contributed by atoms with van der Waals surface area (Å²) in [6, 6.07) is 16.0. The van der Waals surface area contributed by atoms with Crippen molar-refractivity contribution in [3.05, 3.63) is 59.7 Å². The third-order valence-corrected chi connectivity index (χ3v) is 5.77. The van der Waals surface area contributed by atoms with E-state index in [9.17, 15) is 4.79 Å². The largest absolute Gasteiger partial charge is 0.497 e. The Hall–Kier alpha value is -3.08. The van der Waals surface area contributed by atoms with Crippen LogP contribution in [0.25, 0.3) is 10.9 Å². The quantitative estimate of drug-likeness (QED) is 0.621. The average molecular weight is 404 g/mol. The van der Waals surface area contributed by atoms with Crippen LogP contribution in [-0.4, -0.2) is 31.1 Å². The molecule has 2 heterocycles. The van der Waals surface area contributed by atoms with Crippen molar-refractivity contribution in [3.63, 3.8) is 0 Å². The van der Waals surface area contributed by atoms with Gasteiger partial charge in [0.15, 0.2) is 0 Å². The molecule has 0 atom stereocenters. The van der Waals surface area contributed by atoms with E-state index < -0.39 is 0 Å². The van der Waals surface area contributed by atoms with Crippen LogP contribution in [0.5, 0.6) is 5.75 Å². The first-order valence-corrected chi connectivity index (χ1v) is 10.7. The molecule has 1 aliphatic rings. The van der Waals surface area contributed by atoms with Crippen LogP contribution in [0.15, 0.2) is 48.5 Å². The minimum absolute atomic E-state index is 0.0146. The molecular formula is C25H29N3O2. The standard InChI is InChI=1S/C25H29N3O2/c1-18-16-24(28-14-4-3-5-15-28)27-23-12-9-20(17-22(18)23)26-25(29)13-8-19-6-10-21(30-2)11-7-19/h6-7,9-12,16-17H,3-5,8,13-15H2,1-2H3,(H,26,29). The number of nitrogens with zero attached hydrogens (tertiary/aromatic N) is 2. The van der Waals surface area contributed by atoms with Gasteiger partial charge < -0.3 is 15.0 Å². The molecule has 0 aliphatic carbocycles. The summed E-state index contributed by atoms with van der Waals surface area (Å²) < 4.78 is 5.17. The molecule has 0 saturated carbocycles. The van der Waals surface area contributed by atoms with Crippen LogP contribution in [0.4, 0.5) is 11.5 Å². The highest BCUT2D eigenvalue weighted by molar-refractivity contribution is 5.94. The molecular weight excluding hydrogens is 374 g/mol. The molecule has 3 aromatic rings. The van der Waals surface area contributed by atoms with Crippen molar-refractivity contribution in [2.24, 2.45) is 0 Å². The summed E-state index contributed by atoms with van der Waals surface area (Å²) in [4.78, 5) is 19.7. The number of fused-ring (bicyclic) bond motifs is 1. The number of carbonyl (C=O) groups is 1. The molecule has 1 N–H and O–H groups in total. The number of nitrogens with one attached hydrogen (secondary N) is 1. The Bertz CT molecular complexity index is 1020. The van der Waals surface area contributed by atoms with Gasteiger partial charge in [0.2, 0.25) is 5.91 Å². The fourth-order valence-corrected chi connectivity index (χ4v) is 4.01. The smallest absolute Gasteiger partial charge is 0.224 e. The van der Waals surface area contributed by atoms with Gasteiger partial charge >= 0.3 is 0 Å². The van der Waals surface area contributed by atoms with Gasteiger partial charge in [-0.1, -0.05) is 12.1 Å². The summed E-state index contributed by atoms with van der Waals surface area (Å²) in [7, 11) is 1.65. The number of carbonyl (C=O) groups excluding carboxylic acids is 1. The molecule has 1 amide bonds.